The third kappa shape index (κ3) is 8.08. The van der Waals surface area contributed by atoms with Gasteiger partial charge in [-0.05, 0) is 48.2 Å². The highest BCUT2D eigenvalue weighted by molar-refractivity contribution is 14.0. The molecule has 0 saturated carbocycles. The number of nitrogens with two attached hydrogens (primary N) is 2. The van der Waals surface area contributed by atoms with Crippen LogP contribution in [0.4, 0.5) is 0 Å². The molecule has 0 bridgehead atoms. The van der Waals surface area contributed by atoms with Gasteiger partial charge in [0.25, 0.3) is 0 Å². The standard InChI is InChI=1S/C24H33N5O3.HI/c1-31-21-9-8-18(12-22(21)32-2)14-28-24(26)27-13-17-5-3-6-19(11-17)15-29-10-4-7-20(16-29)23(25)30;/h3,5-6,8-9,11-12,20H,4,7,10,13-16H2,1-2H3,(H2,25,30)(H3,26,27,28);1H. The second-order valence-corrected chi connectivity index (χ2v) is 8.04. The monoisotopic (exact) mass is 567 g/mol. The maximum Gasteiger partial charge on any atom is 0.221 e. The van der Waals surface area contributed by atoms with Crippen molar-refractivity contribution in [3.63, 3.8) is 0 Å². The first-order valence-electron chi connectivity index (χ1n) is 10.8. The van der Waals surface area contributed by atoms with Crippen molar-refractivity contribution >= 4 is 35.8 Å². The molecule has 33 heavy (non-hydrogen) atoms. The molecule has 1 unspecified atom stereocenters. The van der Waals surface area contributed by atoms with Crippen LogP contribution in [0.1, 0.15) is 29.5 Å². The topological polar surface area (TPSA) is 115 Å². The summed E-state index contributed by atoms with van der Waals surface area (Å²) in [7, 11) is 3.22. The third-order valence-corrected chi connectivity index (χ3v) is 5.66. The second kappa shape index (κ2) is 13.2. The number of nitrogens with one attached hydrogen (secondary N) is 1. The minimum atomic E-state index is -0.200. The summed E-state index contributed by atoms with van der Waals surface area (Å²) in [5.74, 6) is 1.50. The molecule has 2 aromatic carbocycles. The van der Waals surface area contributed by atoms with E-state index in [1.165, 1.54) is 5.56 Å². The summed E-state index contributed by atoms with van der Waals surface area (Å²) in [5.41, 5.74) is 14.8. The van der Waals surface area contributed by atoms with Crippen LogP contribution < -0.4 is 26.3 Å². The van der Waals surface area contributed by atoms with Crippen molar-refractivity contribution in [2.75, 3.05) is 27.3 Å². The number of aliphatic imine (C=N–C) groups is 1. The van der Waals surface area contributed by atoms with Crippen LogP contribution in [0.15, 0.2) is 47.5 Å². The minimum Gasteiger partial charge on any atom is -0.493 e. The fourth-order valence-corrected chi connectivity index (χ4v) is 3.93. The number of halogens is 1. The number of guanidine groups is 1. The molecule has 5 N–H and O–H groups in total. The Balaban J connectivity index is 0.00000385. The number of likely N-dealkylation sites (tertiary alicyclic amines) is 1. The van der Waals surface area contributed by atoms with Gasteiger partial charge in [0.05, 0.1) is 26.7 Å². The number of amides is 1. The summed E-state index contributed by atoms with van der Waals surface area (Å²) in [5, 5.41) is 3.13. The predicted molar refractivity (Wildman–Crippen MR) is 141 cm³/mol. The first kappa shape index (κ1) is 26.7. The maximum atomic E-state index is 11.5. The molecule has 180 valence electrons. The fraction of sp³-hybridized carbons (Fsp3) is 0.417. The number of primary amides is 1. The van der Waals surface area contributed by atoms with E-state index in [-0.39, 0.29) is 35.8 Å². The first-order valence-corrected chi connectivity index (χ1v) is 10.8. The molecular weight excluding hydrogens is 533 g/mol. The Morgan fingerprint density at radius 2 is 1.85 bits per heavy atom. The first-order chi connectivity index (χ1) is 15.5. The van der Waals surface area contributed by atoms with Gasteiger partial charge in [0.2, 0.25) is 5.91 Å². The summed E-state index contributed by atoms with van der Waals surface area (Å²) in [6.45, 7) is 3.53. The average Bonchev–Trinajstić information content (AvgIpc) is 2.81. The van der Waals surface area contributed by atoms with Crippen LogP contribution in [0.3, 0.4) is 0 Å². The number of ether oxygens (including phenoxy) is 2. The average molecular weight is 567 g/mol. The zero-order valence-electron chi connectivity index (χ0n) is 19.3. The number of rotatable bonds is 9. The molecule has 2 aromatic rings. The molecule has 1 heterocycles. The Bertz CT molecular complexity index is 953. The summed E-state index contributed by atoms with van der Waals surface area (Å²) in [4.78, 5) is 18.3. The Labute approximate surface area is 212 Å². The van der Waals surface area contributed by atoms with Crippen LogP contribution in [0.5, 0.6) is 11.5 Å². The van der Waals surface area contributed by atoms with E-state index in [4.69, 9.17) is 20.9 Å². The van der Waals surface area contributed by atoms with E-state index in [0.29, 0.717) is 30.5 Å². The van der Waals surface area contributed by atoms with Gasteiger partial charge in [-0.2, -0.15) is 0 Å². The summed E-state index contributed by atoms with van der Waals surface area (Å²) >= 11 is 0. The maximum absolute atomic E-state index is 11.5. The molecule has 1 aliphatic heterocycles. The SMILES string of the molecule is COc1ccc(CNC(N)=NCc2cccc(CN3CCCC(C(N)=O)C3)c2)cc1OC.I. The lowest BCUT2D eigenvalue weighted by atomic mass is 9.97. The van der Waals surface area contributed by atoms with Crippen LogP contribution in [-0.4, -0.2) is 44.1 Å². The van der Waals surface area contributed by atoms with Crippen molar-refractivity contribution in [1.82, 2.24) is 10.2 Å². The molecule has 0 aromatic heterocycles. The van der Waals surface area contributed by atoms with E-state index in [1.807, 2.05) is 30.3 Å². The number of nitrogens with zero attached hydrogens (tertiary/aromatic N) is 2. The van der Waals surface area contributed by atoms with E-state index in [1.54, 1.807) is 14.2 Å². The number of carbonyl (C=O) groups excluding carboxylic acids is 1. The van der Waals surface area contributed by atoms with Gasteiger partial charge in [0.1, 0.15) is 0 Å². The molecule has 1 amide bonds. The third-order valence-electron chi connectivity index (χ3n) is 5.66. The normalized spacial score (nSPS) is 16.5. The molecule has 0 radical (unpaired) electrons. The van der Waals surface area contributed by atoms with E-state index in [2.05, 4.69) is 27.3 Å². The molecule has 0 aliphatic carbocycles. The van der Waals surface area contributed by atoms with E-state index >= 15 is 0 Å². The van der Waals surface area contributed by atoms with Gasteiger partial charge >= 0.3 is 0 Å². The Hall–Kier alpha value is -2.53. The lowest BCUT2D eigenvalue weighted by molar-refractivity contribution is -0.123. The van der Waals surface area contributed by atoms with E-state index in [9.17, 15) is 4.79 Å². The highest BCUT2D eigenvalue weighted by Crippen LogP contribution is 2.27. The molecule has 8 nitrogen and oxygen atoms in total. The Kier molecular flexibility index (Phi) is 10.7. The molecule has 9 heteroatoms. The zero-order valence-corrected chi connectivity index (χ0v) is 21.6. The molecule has 3 rings (SSSR count). The van der Waals surface area contributed by atoms with Gasteiger partial charge in [-0.1, -0.05) is 30.3 Å². The highest BCUT2D eigenvalue weighted by atomic mass is 127. The highest BCUT2D eigenvalue weighted by Gasteiger charge is 2.23. The number of methoxy groups -OCH3 is 2. The summed E-state index contributed by atoms with van der Waals surface area (Å²) in [6.07, 6.45) is 1.88. The molecule has 0 spiro atoms. The van der Waals surface area contributed by atoms with Crippen molar-refractivity contribution in [3.05, 3.63) is 59.2 Å². The number of piperidine rings is 1. The smallest absolute Gasteiger partial charge is 0.221 e. The molecule has 1 aliphatic rings. The van der Waals surface area contributed by atoms with Crippen molar-refractivity contribution in [2.24, 2.45) is 22.4 Å². The van der Waals surface area contributed by atoms with Gasteiger partial charge in [-0.25, -0.2) is 4.99 Å². The number of carbonyl (C=O) groups is 1. The van der Waals surface area contributed by atoms with Crippen LogP contribution in [0.2, 0.25) is 0 Å². The number of benzene rings is 2. The fourth-order valence-electron chi connectivity index (χ4n) is 3.93. The second-order valence-electron chi connectivity index (χ2n) is 8.04. The lowest BCUT2D eigenvalue weighted by Crippen LogP contribution is -2.40. The van der Waals surface area contributed by atoms with Gasteiger partial charge < -0.3 is 26.3 Å². The van der Waals surface area contributed by atoms with Gasteiger partial charge in [-0.3, -0.25) is 9.69 Å². The van der Waals surface area contributed by atoms with Gasteiger partial charge in [-0.15, -0.1) is 24.0 Å². The molecule has 1 atom stereocenters. The molecule has 1 saturated heterocycles. The van der Waals surface area contributed by atoms with Crippen LogP contribution in [0.25, 0.3) is 0 Å². The van der Waals surface area contributed by atoms with E-state index in [0.717, 1.165) is 43.6 Å². The van der Waals surface area contributed by atoms with Gasteiger partial charge in [0, 0.05) is 19.6 Å². The Morgan fingerprint density at radius 3 is 2.58 bits per heavy atom. The quantitative estimate of drug-likeness (QED) is 0.244. The minimum absolute atomic E-state index is 0. The van der Waals surface area contributed by atoms with Crippen molar-refractivity contribution in [3.8, 4) is 11.5 Å². The number of hydrogen-bond donors (Lipinski definition) is 3. The summed E-state index contributed by atoms with van der Waals surface area (Å²) in [6, 6.07) is 14.0. The zero-order chi connectivity index (χ0) is 22.9. The van der Waals surface area contributed by atoms with Crippen LogP contribution in [-0.2, 0) is 24.4 Å². The molecule has 1 fully saturated rings. The molecular formula is C24H34IN5O3. The van der Waals surface area contributed by atoms with Crippen LogP contribution in [0, 0.1) is 5.92 Å². The van der Waals surface area contributed by atoms with Crippen LogP contribution >= 0.6 is 24.0 Å². The van der Waals surface area contributed by atoms with E-state index < -0.39 is 0 Å². The Morgan fingerprint density at radius 1 is 1.09 bits per heavy atom. The summed E-state index contributed by atoms with van der Waals surface area (Å²) < 4.78 is 10.6. The number of hydrogen-bond acceptors (Lipinski definition) is 5. The van der Waals surface area contributed by atoms with Crippen molar-refractivity contribution in [2.45, 2.75) is 32.5 Å². The van der Waals surface area contributed by atoms with Crippen molar-refractivity contribution < 1.29 is 14.3 Å². The largest absolute Gasteiger partial charge is 0.493 e. The van der Waals surface area contributed by atoms with Crippen molar-refractivity contribution in [1.29, 1.82) is 0 Å². The van der Waals surface area contributed by atoms with Gasteiger partial charge in [0.15, 0.2) is 17.5 Å². The predicted octanol–water partition coefficient (Wildman–Crippen LogP) is 2.62. The lowest BCUT2D eigenvalue weighted by Gasteiger charge is -2.31.